The highest BCUT2D eigenvalue weighted by atomic mass is 15.3. The van der Waals surface area contributed by atoms with Crippen molar-refractivity contribution in [2.45, 2.75) is 44.8 Å². The first-order chi connectivity index (χ1) is 8.86. The van der Waals surface area contributed by atoms with Gasteiger partial charge in [0, 0.05) is 31.7 Å². The Kier molecular flexibility index (Phi) is 3.67. The molecule has 18 heavy (non-hydrogen) atoms. The Labute approximate surface area is 111 Å². The molecule has 2 fully saturated rings. The Morgan fingerprint density at radius 2 is 2.00 bits per heavy atom. The number of nitrogens with zero attached hydrogens (tertiary/aromatic N) is 2. The van der Waals surface area contributed by atoms with Crippen molar-refractivity contribution < 1.29 is 0 Å². The van der Waals surface area contributed by atoms with Crippen LogP contribution in [-0.2, 0) is 6.54 Å². The lowest BCUT2D eigenvalue weighted by Gasteiger charge is -2.49. The first-order valence-corrected chi connectivity index (χ1v) is 7.39. The standard InChI is InChI=1S/C16H24N2/c1-2-15-12-18(11-14-7-4-3-5-8-14)16-9-6-10-17(15)13-16/h3-5,7-8,15-16H,2,6,9-13H2,1H3. The third-order valence-electron chi connectivity index (χ3n) is 4.61. The summed E-state index contributed by atoms with van der Waals surface area (Å²) in [6.07, 6.45) is 4.06. The first-order valence-electron chi connectivity index (χ1n) is 7.39. The molecule has 0 N–H and O–H groups in total. The van der Waals surface area contributed by atoms with Crippen LogP contribution in [-0.4, -0.2) is 41.5 Å². The summed E-state index contributed by atoms with van der Waals surface area (Å²) in [6.45, 7) is 7.35. The summed E-state index contributed by atoms with van der Waals surface area (Å²) in [4.78, 5) is 5.44. The molecule has 2 heteroatoms. The fourth-order valence-corrected chi connectivity index (χ4v) is 3.55. The summed E-state index contributed by atoms with van der Waals surface area (Å²) >= 11 is 0. The maximum absolute atomic E-state index is 2.72. The summed E-state index contributed by atoms with van der Waals surface area (Å²) in [6, 6.07) is 12.5. The second-order valence-electron chi connectivity index (χ2n) is 5.77. The highest BCUT2D eigenvalue weighted by molar-refractivity contribution is 5.15. The zero-order valence-electron chi connectivity index (χ0n) is 11.4. The molecule has 0 amide bonds. The molecule has 2 heterocycles. The van der Waals surface area contributed by atoms with Gasteiger partial charge in [-0.25, -0.2) is 0 Å². The third-order valence-corrected chi connectivity index (χ3v) is 4.61. The van der Waals surface area contributed by atoms with Gasteiger partial charge in [-0.2, -0.15) is 0 Å². The lowest BCUT2D eigenvalue weighted by atomic mass is 9.95. The molecule has 0 spiro atoms. The zero-order valence-corrected chi connectivity index (χ0v) is 11.4. The van der Waals surface area contributed by atoms with Gasteiger partial charge in [-0.3, -0.25) is 9.80 Å². The quantitative estimate of drug-likeness (QED) is 0.806. The van der Waals surface area contributed by atoms with Crippen LogP contribution in [0.3, 0.4) is 0 Å². The van der Waals surface area contributed by atoms with Crippen molar-refractivity contribution in [3.8, 4) is 0 Å². The number of rotatable bonds is 3. The van der Waals surface area contributed by atoms with E-state index in [0.29, 0.717) is 0 Å². The van der Waals surface area contributed by atoms with Gasteiger partial charge >= 0.3 is 0 Å². The third kappa shape index (κ3) is 2.45. The van der Waals surface area contributed by atoms with Gasteiger partial charge in [0.05, 0.1) is 0 Å². The summed E-state index contributed by atoms with van der Waals surface area (Å²) in [7, 11) is 0. The average molecular weight is 244 g/mol. The van der Waals surface area contributed by atoms with E-state index in [1.54, 1.807) is 0 Å². The van der Waals surface area contributed by atoms with Gasteiger partial charge in [0.15, 0.2) is 0 Å². The van der Waals surface area contributed by atoms with E-state index in [1.165, 1.54) is 44.5 Å². The minimum atomic E-state index is 0.783. The minimum Gasteiger partial charge on any atom is -0.298 e. The number of hydrogen-bond donors (Lipinski definition) is 0. The van der Waals surface area contributed by atoms with Crippen molar-refractivity contribution in [3.05, 3.63) is 35.9 Å². The van der Waals surface area contributed by atoms with Gasteiger partial charge in [0.1, 0.15) is 0 Å². The molecule has 98 valence electrons. The Morgan fingerprint density at radius 1 is 1.17 bits per heavy atom. The fourth-order valence-electron chi connectivity index (χ4n) is 3.55. The lowest BCUT2D eigenvalue weighted by molar-refractivity contribution is -0.00829. The Hall–Kier alpha value is -0.860. The van der Waals surface area contributed by atoms with Gasteiger partial charge in [-0.1, -0.05) is 37.3 Å². The smallest absolute Gasteiger partial charge is 0.0237 e. The van der Waals surface area contributed by atoms with Crippen LogP contribution in [0.1, 0.15) is 31.7 Å². The van der Waals surface area contributed by atoms with Crippen molar-refractivity contribution in [3.63, 3.8) is 0 Å². The molecule has 3 rings (SSSR count). The second-order valence-corrected chi connectivity index (χ2v) is 5.77. The van der Waals surface area contributed by atoms with Gasteiger partial charge in [-0.05, 0) is 31.4 Å². The van der Waals surface area contributed by atoms with Crippen molar-refractivity contribution in [2.24, 2.45) is 0 Å². The van der Waals surface area contributed by atoms with Crippen LogP contribution < -0.4 is 0 Å². The minimum absolute atomic E-state index is 0.783. The van der Waals surface area contributed by atoms with E-state index in [9.17, 15) is 0 Å². The number of hydrogen-bond acceptors (Lipinski definition) is 2. The number of fused-ring (bicyclic) bond motifs is 2. The molecule has 0 saturated carbocycles. The SMILES string of the molecule is CCC1CN(Cc2ccccc2)C2CCCN1C2. The van der Waals surface area contributed by atoms with Crippen molar-refractivity contribution in [2.75, 3.05) is 19.6 Å². The van der Waals surface area contributed by atoms with E-state index in [4.69, 9.17) is 0 Å². The monoisotopic (exact) mass is 244 g/mol. The Morgan fingerprint density at radius 3 is 2.78 bits per heavy atom. The summed E-state index contributed by atoms with van der Waals surface area (Å²) in [5.41, 5.74) is 1.46. The molecule has 2 nitrogen and oxygen atoms in total. The van der Waals surface area contributed by atoms with Crippen molar-refractivity contribution in [1.82, 2.24) is 9.80 Å². The molecular formula is C16H24N2. The number of piperidine rings is 1. The summed E-state index contributed by atoms with van der Waals surface area (Å²) in [5.74, 6) is 0. The van der Waals surface area contributed by atoms with E-state index in [2.05, 4.69) is 47.1 Å². The van der Waals surface area contributed by atoms with Crippen LogP contribution in [0.4, 0.5) is 0 Å². The van der Waals surface area contributed by atoms with Gasteiger partial charge in [-0.15, -0.1) is 0 Å². The van der Waals surface area contributed by atoms with Crippen LogP contribution in [0.2, 0.25) is 0 Å². The predicted molar refractivity (Wildman–Crippen MR) is 75.5 cm³/mol. The molecule has 2 aliphatic heterocycles. The highest BCUT2D eigenvalue weighted by Crippen LogP contribution is 2.26. The van der Waals surface area contributed by atoms with E-state index >= 15 is 0 Å². The summed E-state index contributed by atoms with van der Waals surface area (Å²) in [5, 5.41) is 0. The van der Waals surface area contributed by atoms with Crippen LogP contribution in [0.25, 0.3) is 0 Å². The van der Waals surface area contributed by atoms with Gasteiger partial charge < -0.3 is 0 Å². The molecule has 0 radical (unpaired) electrons. The van der Waals surface area contributed by atoms with Crippen LogP contribution in [0.15, 0.2) is 30.3 Å². The molecule has 0 aromatic heterocycles. The maximum Gasteiger partial charge on any atom is 0.0237 e. The first kappa shape index (κ1) is 12.2. The molecule has 3 unspecified atom stereocenters. The second kappa shape index (κ2) is 5.41. The molecular weight excluding hydrogens is 220 g/mol. The normalized spacial score (nSPS) is 32.4. The van der Waals surface area contributed by atoms with Crippen molar-refractivity contribution >= 4 is 0 Å². The zero-order chi connectivity index (χ0) is 12.4. The van der Waals surface area contributed by atoms with Crippen molar-refractivity contribution in [1.29, 1.82) is 0 Å². The fraction of sp³-hybridized carbons (Fsp3) is 0.625. The van der Waals surface area contributed by atoms with Gasteiger partial charge in [0.25, 0.3) is 0 Å². The van der Waals surface area contributed by atoms with E-state index in [0.717, 1.165) is 18.6 Å². The Balaban J connectivity index is 1.71. The lowest BCUT2D eigenvalue weighted by Crippen LogP contribution is -2.60. The topological polar surface area (TPSA) is 6.48 Å². The molecule has 2 aliphatic rings. The van der Waals surface area contributed by atoms with Crippen LogP contribution in [0.5, 0.6) is 0 Å². The highest BCUT2D eigenvalue weighted by Gasteiger charge is 2.35. The molecule has 1 aromatic rings. The maximum atomic E-state index is 2.72. The van der Waals surface area contributed by atoms with E-state index in [1.807, 2.05) is 0 Å². The molecule has 2 bridgehead atoms. The number of benzene rings is 1. The van der Waals surface area contributed by atoms with Gasteiger partial charge in [0.2, 0.25) is 0 Å². The molecule has 2 saturated heterocycles. The average Bonchev–Trinajstić information content (AvgIpc) is 2.44. The van der Waals surface area contributed by atoms with Crippen LogP contribution in [0, 0.1) is 0 Å². The van der Waals surface area contributed by atoms with E-state index in [-0.39, 0.29) is 0 Å². The largest absolute Gasteiger partial charge is 0.298 e. The van der Waals surface area contributed by atoms with E-state index < -0.39 is 0 Å². The molecule has 3 atom stereocenters. The molecule has 0 aliphatic carbocycles. The summed E-state index contributed by atoms with van der Waals surface area (Å²) < 4.78 is 0. The van der Waals surface area contributed by atoms with Crippen LogP contribution >= 0.6 is 0 Å². The Bertz CT molecular complexity index is 376. The number of piperazine rings is 1. The predicted octanol–water partition coefficient (Wildman–Crippen LogP) is 2.75. The molecule has 1 aromatic carbocycles.